The summed E-state index contributed by atoms with van der Waals surface area (Å²) in [5, 5.41) is 14.2. The van der Waals surface area contributed by atoms with Gasteiger partial charge in [0.1, 0.15) is 18.0 Å². The predicted octanol–water partition coefficient (Wildman–Crippen LogP) is 4.12. The van der Waals surface area contributed by atoms with Crippen LogP contribution < -0.4 is 14.8 Å². The Morgan fingerprint density at radius 1 is 1.23 bits per heavy atom. The van der Waals surface area contributed by atoms with Gasteiger partial charge in [-0.25, -0.2) is 8.42 Å². The molecule has 2 saturated heterocycles. The molecule has 2 aromatic rings. The van der Waals surface area contributed by atoms with E-state index in [0.29, 0.717) is 35.0 Å². The van der Waals surface area contributed by atoms with E-state index in [0.717, 1.165) is 17.5 Å². The van der Waals surface area contributed by atoms with Crippen LogP contribution in [0.3, 0.4) is 0 Å². The third-order valence-corrected chi connectivity index (χ3v) is 9.47. The SMILES string of the molecule is COc1cc(NC(O)C[C@H]2CCCN2C(=O)CN2CCC[C@H](NS(=O)(=O)/C=C/c3ccc(Cl)s3)C2=O)cc(C(F)(F)F)c1. The molecular weight excluding hydrogens is 633 g/mol. The summed E-state index contributed by atoms with van der Waals surface area (Å²) in [6, 6.07) is 4.92. The van der Waals surface area contributed by atoms with Crippen LogP contribution in [0.2, 0.25) is 4.34 Å². The third kappa shape index (κ3) is 9.08. The lowest BCUT2D eigenvalue weighted by atomic mass is 10.1. The van der Waals surface area contributed by atoms with Crippen molar-refractivity contribution in [2.75, 3.05) is 32.1 Å². The minimum absolute atomic E-state index is 0.0106. The first kappa shape index (κ1) is 33.1. The number of thiophene rings is 1. The second-order valence-corrected chi connectivity index (χ2v) is 13.6. The van der Waals surface area contributed by atoms with Gasteiger partial charge in [0.05, 0.1) is 23.6 Å². The standard InChI is InChI=1S/C27H32ClF3N4O6S2/c1-41-20-13-17(27(29,30)31)12-18(14-20)32-24(36)15-19-4-2-10-35(19)25(37)16-34-9-3-5-22(26(34)38)33-43(39,40)11-8-21-6-7-23(28)42-21/h6-8,11-14,19,22,24,32-33,36H,2-5,9-10,15-16H2,1H3/b11-8+/t19-,22+,24?/m1/s1. The maximum absolute atomic E-state index is 13.3. The minimum Gasteiger partial charge on any atom is -0.497 e. The normalized spacial score (nSPS) is 20.6. The second kappa shape index (κ2) is 13.8. The smallest absolute Gasteiger partial charge is 0.416 e. The van der Waals surface area contributed by atoms with Crippen molar-refractivity contribution in [2.45, 2.75) is 56.6 Å². The number of hydrogen-bond donors (Lipinski definition) is 3. The minimum atomic E-state index is -4.61. The summed E-state index contributed by atoms with van der Waals surface area (Å²) < 4.78 is 72.8. The van der Waals surface area contributed by atoms with Gasteiger partial charge in [0.25, 0.3) is 0 Å². The maximum Gasteiger partial charge on any atom is 0.416 e. The van der Waals surface area contributed by atoms with Crippen molar-refractivity contribution in [1.82, 2.24) is 14.5 Å². The topological polar surface area (TPSA) is 128 Å². The number of aliphatic hydroxyl groups excluding tert-OH is 1. The fourth-order valence-corrected chi connectivity index (χ4v) is 7.22. The number of nitrogens with one attached hydrogen (secondary N) is 2. The number of piperidine rings is 1. The molecule has 1 unspecified atom stereocenters. The van der Waals surface area contributed by atoms with Crippen LogP contribution in [0.4, 0.5) is 18.9 Å². The first-order valence-corrected chi connectivity index (χ1v) is 16.2. The molecule has 16 heteroatoms. The molecule has 3 heterocycles. The van der Waals surface area contributed by atoms with Gasteiger partial charge in [0, 0.05) is 47.6 Å². The van der Waals surface area contributed by atoms with Crippen molar-refractivity contribution >= 4 is 56.5 Å². The number of nitrogens with zero attached hydrogens (tertiary/aromatic N) is 2. The van der Waals surface area contributed by atoms with Crippen LogP contribution in [0.15, 0.2) is 35.7 Å². The molecule has 2 aliphatic rings. The van der Waals surface area contributed by atoms with E-state index in [-0.39, 0.29) is 43.3 Å². The number of alkyl halides is 3. The number of sulfonamides is 1. The fraction of sp³-hybridized carbons (Fsp3) is 0.481. The number of carbonyl (C=O) groups excluding carboxylic acids is 2. The van der Waals surface area contributed by atoms with Gasteiger partial charge in [-0.3, -0.25) is 9.59 Å². The molecule has 3 N–H and O–H groups in total. The van der Waals surface area contributed by atoms with Gasteiger partial charge in [0.2, 0.25) is 21.8 Å². The Morgan fingerprint density at radius 3 is 2.65 bits per heavy atom. The monoisotopic (exact) mass is 664 g/mol. The summed E-state index contributed by atoms with van der Waals surface area (Å²) in [5.74, 6) is -0.897. The van der Waals surface area contributed by atoms with Crippen molar-refractivity contribution in [3.05, 3.63) is 50.5 Å². The largest absolute Gasteiger partial charge is 0.497 e. The van der Waals surface area contributed by atoms with Crippen LogP contribution in [0.1, 0.15) is 42.5 Å². The molecule has 10 nitrogen and oxygen atoms in total. The predicted molar refractivity (Wildman–Crippen MR) is 157 cm³/mol. The van der Waals surface area contributed by atoms with Gasteiger partial charge < -0.3 is 25.0 Å². The molecule has 2 amide bonds. The Labute approximate surface area is 256 Å². The van der Waals surface area contributed by atoms with E-state index in [1.807, 2.05) is 0 Å². The highest BCUT2D eigenvalue weighted by atomic mass is 35.5. The van der Waals surface area contributed by atoms with Gasteiger partial charge in [0.15, 0.2) is 0 Å². The van der Waals surface area contributed by atoms with Crippen molar-refractivity contribution in [3.8, 4) is 5.75 Å². The first-order valence-electron chi connectivity index (χ1n) is 13.5. The summed E-state index contributed by atoms with van der Waals surface area (Å²) in [6.07, 6.45) is -2.45. The lowest BCUT2D eigenvalue weighted by Crippen LogP contribution is -2.54. The van der Waals surface area contributed by atoms with Crippen molar-refractivity contribution in [1.29, 1.82) is 0 Å². The number of aliphatic hydroxyl groups is 1. The molecule has 236 valence electrons. The van der Waals surface area contributed by atoms with Gasteiger partial charge in [-0.05, 0) is 56.0 Å². The van der Waals surface area contributed by atoms with E-state index < -0.39 is 46.0 Å². The van der Waals surface area contributed by atoms with Gasteiger partial charge in [-0.15, -0.1) is 11.3 Å². The lowest BCUT2D eigenvalue weighted by Gasteiger charge is -2.34. The number of hydrogen-bond acceptors (Lipinski definition) is 8. The average Bonchev–Trinajstić information content (AvgIpc) is 3.57. The summed E-state index contributed by atoms with van der Waals surface area (Å²) in [4.78, 5) is 29.8. The van der Waals surface area contributed by atoms with E-state index in [9.17, 15) is 36.3 Å². The number of methoxy groups -OCH3 is 1. The third-order valence-electron chi connectivity index (χ3n) is 7.16. The van der Waals surface area contributed by atoms with Gasteiger partial charge in [-0.1, -0.05) is 11.6 Å². The molecule has 1 aromatic carbocycles. The summed E-state index contributed by atoms with van der Waals surface area (Å²) >= 11 is 7.07. The zero-order chi connectivity index (χ0) is 31.4. The number of anilines is 1. The molecule has 3 atom stereocenters. The van der Waals surface area contributed by atoms with Crippen molar-refractivity contribution < 1.29 is 41.0 Å². The molecule has 1 aromatic heterocycles. The Balaban J connectivity index is 1.34. The Hall–Kier alpha value is -2.85. The zero-order valence-corrected chi connectivity index (χ0v) is 25.5. The molecule has 0 aliphatic carbocycles. The van der Waals surface area contributed by atoms with E-state index in [2.05, 4.69) is 10.0 Å². The highest BCUT2D eigenvalue weighted by molar-refractivity contribution is 7.92. The molecule has 0 radical (unpaired) electrons. The van der Waals surface area contributed by atoms with Crippen LogP contribution in [-0.2, 0) is 25.8 Å². The van der Waals surface area contributed by atoms with E-state index in [1.165, 1.54) is 35.5 Å². The van der Waals surface area contributed by atoms with Crippen LogP contribution >= 0.6 is 22.9 Å². The van der Waals surface area contributed by atoms with Crippen LogP contribution in [-0.4, -0.2) is 80.2 Å². The quantitative estimate of drug-likeness (QED) is 0.309. The Bertz CT molecular complexity index is 1450. The number of halogens is 4. The number of benzene rings is 1. The highest BCUT2D eigenvalue weighted by Crippen LogP contribution is 2.34. The molecule has 2 fully saturated rings. The number of rotatable bonds is 11. The highest BCUT2D eigenvalue weighted by Gasteiger charge is 2.36. The number of likely N-dealkylation sites (tertiary alicyclic amines) is 2. The molecule has 2 aliphatic heterocycles. The van der Waals surface area contributed by atoms with E-state index in [1.54, 1.807) is 17.0 Å². The fourth-order valence-electron chi connectivity index (χ4n) is 5.15. The number of amides is 2. The molecule has 0 bridgehead atoms. The maximum atomic E-state index is 13.3. The van der Waals surface area contributed by atoms with Crippen LogP contribution in [0.5, 0.6) is 5.75 Å². The molecule has 43 heavy (non-hydrogen) atoms. The lowest BCUT2D eigenvalue weighted by molar-refractivity contribution is -0.143. The Morgan fingerprint density at radius 2 is 1.98 bits per heavy atom. The molecule has 0 saturated carbocycles. The van der Waals surface area contributed by atoms with E-state index in [4.69, 9.17) is 16.3 Å². The van der Waals surface area contributed by atoms with Crippen LogP contribution in [0.25, 0.3) is 6.08 Å². The molecular formula is C27H32ClF3N4O6S2. The summed E-state index contributed by atoms with van der Waals surface area (Å²) in [6.45, 7) is 0.418. The second-order valence-electron chi connectivity index (χ2n) is 10.3. The van der Waals surface area contributed by atoms with Gasteiger partial charge in [-0.2, -0.15) is 17.9 Å². The van der Waals surface area contributed by atoms with E-state index >= 15 is 0 Å². The van der Waals surface area contributed by atoms with Gasteiger partial charge >= 0.3 is 6.18 Å². The Kier molecular flexibility index (Phi) is 10.6. The first-order chi connectivity index (χ1) is 20.2. The molecule has 0 spiro atoms. The van der Waals surface area contributed by atoms with Crippen LogP contribution in [0, 0.1) is 0 Å². The number of ether oxygens (including phenoxy) is 1. The summed E-state index contributed by atoms with van der Waals surface area (Å²) in [7, 11) is -2.71. The summed E-state index contributed by atoms with van der Waals surface area (Å²) in [5.41, 5.74) is -0.925. The zero-order valence-electron chi connectivity index (χ0n) is 23.1. The average molecular weight is 665 g/mol. The molecule has 4 rings (SSSR count). The van der Waals surface area contributed by atoms with Crippen molar-refractivity contribution in [3.63, 3.8) is 0 Å². The number of carbonyl (C=O) groups is 2. The van der Waals surface area contributed by atoms with Crippen molar-refractivity contribution in [2.24, 2.45) is 0 Å².